The summed E-state index contributed by atoms with van der Waals surface area (Å²) in [4.78, 5) is 26.5. The summed E-state index contributed by atoms with van der Waals surface area (Å²) < 4.78 is 25.3. The number of hydrogen-bond acceptors (Lipinski definition) is 4. The van der Waals surface area contributed by atoms with Crippen LogP contribution in [-0.2, 0) is 21.2 Å². The topological polar surface area (TPSA) is 95.6 Å². The summed E-state index contributed by atoms with van der Waals surface area (Å²) in [5, 5.41) is 2.94. The molecule has 7 nitrogen and oxygen atoms in total. The number of sulfonamides is 1. The number of nitrogens with one attached hydrogen (secondary N) is 2. The zero-order valence-corrected chi connectivity index (χ0v) is 17.5. The van der Waals surface area contributed by atoms with E-state index in [1.807, 2.05) is 32.0 Å². The van der Waals surface area contributed by atoms with Gasteiger partial charge in [0, 0.05) is 29.9 Å². The van der Waals surface area contributed by atoms with E-state index < -0.39 is 10.0 Å². The zero-order valence-electron chi connectivity index (χ0n) is 16.7. The van der Waals surface area contributed by atoms with Gasteiger partial charge in [-0.2, -0.15) is 0 Å². The first-order chi connectivity index (χ1) is 13.7. The third-order valence-corrected chi connectivity index (χ3v) is 5.48. The van der Waals surface area contributed by atoms with Crippen molar-refractivity contribution in [3.05, 3.63) is 59.2 Å². The Morgan fingerprint density at radius 1 is 1.17 bits per heavy atom. The van der Waals surface area contributed by atoms with Crippen LogP contribution in [0.5, 0.6) is 0 Å². The second-order valence-corrected chi connectivity index (χ2v) is 8.94. The summed E-state index contributed by atoms with van der Waals surface area (Å²) >= 11 is 0. The van der Waals surface area contributed by atoms with Gasteiger partial charge < -0.3 is 10.2 Å². The molecule has 8 heteroatoms. The number of nitrogens with zero attached hydrogens (tertiary/aromatic N) is 1. The number of amides is 2. The van der Waals surface area contributed by atoms with Gasteiger partial charge in [0.2, 0.25) is 15.9 Å². The van der Waals surface area contributed by atoms with Crippen molar-refractivity contribution in [3.63, 3.8) is 0 Å². The summed E-state index contributed by atoms with van der Waals surface area (Å²) in [6.07, 6.45) is 2.28. The van der Waals surface area contributed by atoms with Gasteiger partial charge in [0.25, 0.3) is 5.91 Å². The van der Waals surface area contributed by atoms with Crippen molar-refractivity contribution in [1.29, 1.82) is 0 Å². The van der Waals surface area contributed by atoms with Gasteiger partial charge in [-0.05, 0) is 54.8 Å². The predicted molar refractivity (Wildman–Crippen MR) is 114 cm³/mol. The lowest BCUT2D eigenvalue weighted by atomic mass is 10.1. The fraction of sp³-hybridized carbons (Fsp3) is 0.333. The van der Waals surface area contributed by atoms with Crippen molar-refractivity contribution in [2.45, 2.75) is 32.7 Å². The molecule has 0 bridgehead atoms. The molecule has 0 fully saturated rings. The lowest BCUT2D eigenvalue weighted by molar-refractivity contribution is -0.118. The SMILES string of the molecule is CCC(=O)N1CCc2cc(C(=O)NC(C)c3cccc(NS(C)(=O)=O)c3)ccc21. The molecule has 29 heavy (non-hydrogen) atoms. The van der Waals surface area contributed by atoms with Crippen LogP contribution in [0.25, 0.3) is 0 Å². The largest absolute Gasteiger partial charge is 0.346 e. The van der Waals surface area contributed by atoms with Crippen molar-refractivity contribution in [1.82, 2.24) is 5.32 Å². The number of fused-ring (bicyclic) bond motifs is 1. The summed E-state index contributed by atoms with van der Waals surface area (Å²) in [6, 6.07) is 12.0. The molecule has 2 aromatic carbocycles. The van der Waals surface area contributed by atoms with Crippen molar-refractivity contribution in [3.8, 4) is 0 Å². The molecule has 2 amide bonds. The van der Waals surface area contributed by atoms with E-state index in [4.69, 9.17) is 0 Å². The Morgan fingerprint density at radius 3 is 2.62 bits per heavy atom. The van der Waals surface area contributed by atoms with Crippen molar-refractivity contribution in [2.24, 2.45) is 0 Å². The normalized spacial score (nSPS) is 14.2. The minimum Gasteiger partial charge on any atom is -0.346 e. The lowest BCUT2D eigenvalue weighted by Crippen LogP contribution is -2.28. The first-order valence-corrected chi connectivity index (χ1v) is 11.4. The molecule has 0 aromatic heterocycles. The molecule has 2 N–H and O–H groups in total. The Morgan fingerprint density at radius 2 is 1.93 bits per heavy atom. The molecular weight excluding hydrogens is 390 g/mol. The Bertz CT molecular complexity index is 1050. The van der Waals surface area contributed by atoms with Gasteiger partial charge >= 0.3 is 0 Å². The maximum atomic E-state index is 12.7. The highest BCUT2D eigenvalue weighted by Crippen LogP contribution is 2.29. The first kappa shape index (κ1) is 20.9. The molecule has 0 saturated heterocycles. The second kappa shape index (κ2) is 8.24. The van der Waals surface area contributed by atoms with Crippen molar-refractivity contribution >= 4 is 33.2 Å². The van der Waals surface area contributed by atoms with Crippen LogP contribution >= 0.6 is 0 Å². The smallest absolute Gasteiger partial charge is 0.251 e. The molecule has 1 heterocycles. The molecule has 1 aliphatic rings. The third-order valence-electron chi connectivity index (χ3n) is 4.88. The molecule has 0 aliphatic carbocycles. The molecule has 1 aliphatic heterocycles. The average Bonchev–Trinajstić information content (AvgIpc) is 3.09. The van der Waals surface area contributed by atoms with E-state index in [2.05, 4.69) is 10.0 Å². The zero-order chi connectivity index (χ0) is 21.2. The van der Waals surface area contributed by atoms with Crippen LogP contribution in [0.15, 0.2) is 42.5 Å². The number of rotatable bonds is 6. The number of carbonyl (C=O) groups excluding carboxylic acids is 2. The van der Waals surface area contributed by atoms with Gasteiger partial charge in [0.05, 0.1) is 12.3 Å². The first-order valence-electron chi connectivity index (χ1n) is 9.50. The molecule has 2 aromatic rings. The van der Waals surface area contributed by atoms with Gasteiger partial charge in [-0.25, -0.2) is 8.42 Å². The molecule has 0 saturated carbocycles. The Kier molecular flexibility index (Phi) is 5.93. The van der Waals surface area contributed by atoms with Crippen LogP contribution in [0.4, 0.5) is 11.4 Å². The summed E-state index contributed by atoms with van der Waals surface area (Å²) in [6.45, 7) is 4.32. The third kappa shape index (κ3) is 4.95. The van der Waals surface area contributed by atoms with Crippen LogP contribution in [0.2, 0.25) is 0 Å². The van der Waals surface area contributed by atoms with Crippen LogP contribution < -0.4 is 14.9 Å². The number of hydrogen-bond donors (Lipinski definition) is 2. The average molecular weight is 416 g/mol. The fourth-order valence-corrected chi connectivity index (χ4v) is 4.00. The number of carbonyl (C=O) groups is 2. The molecule has 1 unspecified atom stereocenters. The van der Waals surface area contributed by atoms with Crippen LogP contribution in [0, 0.1) is 0 Å². The van der Waals surface area contributed by atoms with E-state index in [9.17, 15) is 18.0 Å². The maximum Gasteiger partial charge on any atom is 0.251 e. The standard InChI is InChI=1S/C21H25N3O4S/c1-4-20(25)24-11-10-16-12-17(8-9-19(16)24)21(26)22-14(2)15-6-5-7-18(13-15)23-29(3,27)28/h5-9,12-14,23H,4,10-11H2,1-3H3,(H,22,26). The number of benzene rings is 2. The quantitative estimate of drug-likeness (QED) is 0.758. The van der Waals surface area contributed by atoms with Gasteiger partial charge in [-0.3, -0.25) is 14.3 Å². The molecule has 154 valence electrons. The highest BCUT2D eigenvalue weighted by Gasteiger charge is 2.24. The lowest BCUT2D eigenvalue weighted by Gasteiger charge is -2.18. The highest BCUT2D eigenvalue weighted by atomic mass is 32.2. The van der Waals surface area contributed by atoms with Gasteiger partial charge in [-0.1, -0.05) is 19.1 Å². The van der Waals surface area contributed by atoms with Crippen LogP contribution in [0.1, 0.15) is 47.8 Å². The summed E-state index contributed by atoms with van der Waals surface area (Å²) in [5.41, 5.74) is 3.64. The van der Waals surface area contributed by atoms with E-state index in [-0.39, 0.29) is 17.9 Å². The Hall–Kier alpha value is -2.87. The molecular formula is C21H25N3O4S. The summed E-state index contributed by atoms with van der Waals surface area (Å²) in [5.74, 6) is -0.140. The predicted octanol–water partition coefficient (Wildman–Crippen LogP) is 2.85. The molecule has 0 radical (unpaired) electrons. The van der Waals surface area contributed by atoms with E-state index in [1.165, 1.54) is 0 Å². The van der Waals surface area contributed by atoms with E-state index >= 15 is 0 Å². The minimum atomic E-state index is -3.37. The monoisotopic (exact) mass is 415 g/mol. The summed E-state index contributed by atoms with van der Waals surface area (Å²) in [7, 11) is -3.37. The minimum absolute atomic E-state index is 0.0807. The van der Waals surface area contributed by atoms with E-state index in [0.717, 1.165) is 29.5 Å². The van der Waals surface area contributed by atoms with Crippen LogP contribution in [0.3, 0.4) is 0 Å². The van der Waals surface area contributed by atoms with E-state index in [1.54, 1.807) is 29.2 Å². The van der Waals surface area contributed by atoms with Gasteiger partial charge in [0.1, 0.15) is 0 Å². The Balaban J connectivity index is 1.72. The van der Waals surface area contributed by atoms with Crippen LogP contribution in [-0.4, -0.2) is 33.0 Å². The molecule has 0 spiro atoms. The van der Waals surface area contributed by atoms with Gasteiger partial charge in [0.15, 0.2) is 0 Å². The molecule has 3 rings (SSSR count). The highest BCUT2D eigenvalue weighted by molar-refractivity contribution is 7.92. The second-order valence-electron chi connectivity index (χ2n) is 7.19. The Labute approximate surface area is 171 Å². The number of anilines is 2. The van der Waals surface area contributed by atoms with Crippen molar-refractivity contribution < 1.29 is 18.0 Å². The van der Waals surface area contributed by atoms with Gasteiger partial charge in [-0.15, -0.1) is 0 Å². The maximum absolute atomic E-state index is 12.7. The molecule has 1 atom stereocenters. The fourth-order valence-electron chi connectivity index (χ4n) is 3.44. The van der Waals surface area contributed by atoms with E-state index in [0.29, 0.717) is 24.2 Å². The van der Waals surface area contributed by atoms with Crippen molar-refractivity contribution in [2.75, 3.05) is 22.4 Å².